The van der Waals surface area contributed by atoms with E-state index in [1.54, 1.807) is 0 Å². The van der Waals surface area contributed by atoms with Gasteiger partial charge in [-0.25, -0.2) is 4.39 Å². The Balaban J connectivity index is 1.61. The van der Waals surface area contributed by atoms with Crippen molar-refractivity contribution >= 4 is 27.7 Å². The molecule has 2 amide bonds. The highest BCUT2D eigenvalue weighted by atomic mass is 79.9. The lowest BCUT2D eigenvalue weighted by Crippen LogP contribution is -2.47. The normalized spacial score (nSPS) is 11.4. The van der Waals surface area contributed by atoms with Gasteiger partial charge >= 0.3 is 0 Å². The highest BCUT2D eigenvalue weighted by molar-refractivity contribution is 9.10. The highest BCUT2D eigenvalue weighted by Gasteiger charge is 2.15. The number of nitrogens with one attached hydrogen (secondary N) is 2. The molecule has 0 heterocycles. The Labute approximate surface area is 165 Å². The molecule has 2 N–H and O–H groups in total. The van der Waals surface area contributed by atoms with Gasteiger partial charge in [0.15, 0.2) is 6.10 Å². The van der Waals surface area contributed by atoms with Gasteiger partial charge in [0, 0.05) is 10.9 Å². The van der Waals surface area contributed by atoms with Crippen LogP contribution in [0.25, 0.3) is 0 Å². The lowest BCUT2D eigenvalue weighted by molar-refractivity contribution is -0.132. The van der Waals surface area contributed by atoms with Crippen molar-refractivity contribution in [1.29, 1.82) is 0 Å². The molecule has 2 rings (SSSR count). The molecule has 0 aliphatic rings. The Hall–Kier alpha value is -2.61. The molecule has 0 bridgehead atoms. The summed E-state index contributed by atoms with van der Waals surface area (Å²) in [5, 5.41) is 0. The van der Waals surface area contributed by atoms with E-state index in [1.807, 2.05) is 24.3 Å². The molecule has 0 aliphatic carbocycles. The quantitative estimate of drug-likeness (QED) is 0.489. The summed E-state index contributed by atoms with van der Waals surface area (Å²) < 4.78 is 24.7. The summed E-state index contributed by atoms with van der Waals surface area (Å²) in [4.78, 5) is 23.7. The topological polar surface area (TPSA) is 76.7 Å². The van der Waals surface area contributed by atoms with E-state index in [4.69, 9.17) is 9.47 Å². The molecule has 0 saturated carbocycles. The Kier molecular flexibility index (Phi) is 8.06. The van der Waals surface area contributed by atoms with E-state index in [1.165, 1.54) is 31.2 Å². The van der Waals surface area contributed by atoms with Crippen LogP contribution in [-0.2, 0) is 9.59 Å². The summed E-state index contributed by atoms with van der Waals surface area (Å²) in [6.45, 7) is 1.91. The molecular formula is C19H20BrFN2O4. The third-order valence-electron chi connectivity index (χ3n) is 3.45. The number of halogens is 2. The summed E-state index contributed by atoms with van der Waals surface area (Å²) in [6, 6.07) is 12.7. The molecule has 0 spiro atoms. The molecule has 0 aromatic heterocycles. The van der Waals surface area contributed by atoms with E-state index in [0.717, 1.165) is 10.2 Å². The van der Waals surface area contributed by atoms with Gasteiger partial charge in [-0.1, -0.05) is 15.9 Å². The molecule has 2 aromatic rings. The molecule has 1 unspecified atom stereocenters. The zero-order valence-electron chi connectivity index (χ0n) is 14.7. The van der Waals surface area contributed by atoms with Crippen LogP contribution in [0.2, 0.25) is 0 Å². The highest BCUT2D eigenvalue weighted by Crippen LogP contribution is 2.16. The molecule has 8 heteroatoms. The predicted molar refractivity (Wildman–Crippen MR) is 102 cm³/mol. The molecular weight excluding hydrogens is 419 g/mol. The first-order valence-electron chi connectivity index (χ1n) is 8.33. The third kappa shape index (κ3) is 7.65. The van der Waals surface area contributed by atoms with Gasteiger partial charge in [0.05, 0.1) is 6.61 Å². The fourth-order valence-corrected chi connectivity index (χ4v) is 2.28. The van der Waals surface area contributed by atoms with Gasteiger partial charge in [-0.15, -0.1) is 0 Å². The largest absolute Gasteiger partial charge is 0.494 e. The predicted octanol–water partition coefficient (Wildman–Crippen LogP) is 3.36. The lowest BCUT2D eigenvalue weighted by Gasteiger charge is -2.15. The van der Waals surface area contributed by atoms with E-state index in [2.05, 4.69) is 26.8 Å². The summed E-state index contributed by atoms with van der Waals surface area (Å²) in [5.41, 5.74) is 4.62. The lowest BCUT2D eigenvalue weighted by atomic mass is 10.3. The van der Waals surface area contributed by atoms with Crippen LogP contribution >= 0.6 is 15.9 Å². The Morgan fingerprint density at radius 2 is 1.67 bits per heavy atom. The van der Waals surface area contributed by atoms with Gasteiger partial charge in [0.2, 0.25) is 5.91 Å². The van der Waals surface area contributed by atoms with E-state index in [9.17, 15) is 14.0 Å². The first-order valence-corrected chi connectivity index (χ1v) is 9.12. The standard InChI is InChI=1S/C19H20BrFN2O4/c1-13(27-17-10-6-15(21)7-11-17)19(25)23-22-18(24)3-2-12-26-16-8-4-14(20)5-9-16/h4-11,13H,2-3,12H2,1H3,(H,22,24)(H,23,25). The van der Waals surface area contributed by atoms with Crippen LogP contribution in [0.3, 0.4) is 0 Å². The number of rotatable bonds is 8. The van der Waals surface area contributed by atoms with Gasteiger partial charge < -0.3 is 9.47 Å². The van der Waals surface area contributed by atoms with Crippen molar-refractivity contribution in [2.45, 2.75) is 25.9 Å². The summed E-state index contributed by atoms with van der Waals surface area (Å²) >= 11 is 3.34. The summed E-state index contributed by atoms with van der Waals surface area (Å²) in [6.07, 6.45) is -0.153. The number of amides is 2. The smallest absolute Gasteiger partial charge is 0.279 e. The van der Waals surface area contributed by atoms with Crippen molar-refractivity contribution in [2.75, 3.05) is 6.61 Å². The number of hydrogen-bond acceptors (Lipinski definition) is 4. The van der Waals surface area contributed by atoms with Crippen LogP contribution in [0.4, 0.5) is 4.39 Å². The van der Waals surface area contributed by atoms with Crippen molar-refractivity contribution < 1.29 is 23.5 Å². The van der Waals surface area contributed by atoms with E-state index >= 15 is 0 Å². The van der Waals surface area contributed by atoms with Gasteiger partial charge in [-0.2, -0.15) is 0 Å². The van der Waals surface area contributed by atoms with E-state index in [-0.39, 0.29) is 12.3 Å². The number of ether oxygens (including phenoxy) is 2. The number of carbonyl (C=O) groups is 2. The zero-order valence-corrected chi connectivity index (χ0v) is 16.3. The van der Waals surface area contributed by atoms with Gasteiger partial charge in [-0.3, -0.25) is 20.4 Å². The van der Waals surface area contributed by atoms with E-state index < -0.39 is 17.8 Å². The van der Waals surface area contributed by atoms with Crippen LogP contribution in [0.15, 0.2) is 53.0 Å². The SMILES string of the molecule is CC(Oc1ccc(F)cc1)C(=O)NNC(=O)CCCOc1ccc(Br)cc1. The molecule has 0 fully saturated rings. The molecule has 0 aliphatic heterocycles. The van der Waals surface area contributed by atoms with Gasteiger partial charge in [0.25, 0.3) is 5.91 Å². The van der Waals surface area contributed by atoms with Crippen LogP contribution in [0.1, 0.15) is 19.8 Å². The number of hydrazine groups is 1. The maximum atomic E-state index is 12.8. The second kappa shape index (κ2) is 10.5. The monoisotopic (exact) mass is 438 g/mol. The molecule has 144 valence electrons. The second-order valence-corrected chi connectivity index (χ2v) is 6.57. The average Bonchev–Trinajstić information content (AvgIpc) is 2.66. The van der Waals surface area contributed by atoms with Crippen LogP contribution < -0.4 is 20.3 Å². The fourth-order valence-electron chi connectivity index (χ4n) is 2.02. The van der Waals surface area contributed by atoms with Gasteiger partial charge in [-0.05, 0) is 61.9 Å². The number of hydrogen-bond donors (Lipinski definition) is 2. The van der Waals surface area contributed by atoms with Crippen LogP contribution in [0.5, 0.6) is 11.5 Å². The minimum Gasteiger partial charge on any atom is -0.494 e. The molecule has 2 aromatic carbocycles. The summed E-state index contributed by atoms with van der Waals surface area (Å²) in [7, 11) is 0. The number of carbonyl (C=O) groups excluding carboxylic acids is 2. The van der Waals surface area contributed by atoms with Crippen molar-refractivity contribution in [3.8, 4) is 11.5 Å². The molecule has 6 nitrogen and oxygen atoms in total. The van der Waals surface area contributed by atoms with Gasteiger partial charge in [0.1, 0.15) is 17.3 Å². The Bertz CT molecular complexity index is 753. The maximum absolute atomic E-state index is 12.8. The fraction of sp³-hybridized carbons (Fsp3) is 0.263. The summed E-state index contributed by atoms with van der Waals surface area (Å²) in [5.74, 6) is -0.166. The Morgan fingerprint density at radius 3 is 2.33 bits per heavy atom. The minimum absolute atomic E-state index is 0.198. The molecule has 27 heavy (non-hydrogen) atoms. The van der Waals surface area contributed by atoms with Crippen molar-refractivity contribution in [3.63, 3.8) is 0 Å². The minimum atomic E-state index is -0.850. The number of benzene rings is 2. The molecule has 0 saturated heterocycles. The second-order valence-electron chi connectivity index (χ2n) is 5.66. The van der Waals surface area contributed by atoms with E-state index in [0.29, 0.717) is 18.8 Å². The Morgan fingerprint density at radius 1 is 1.04 bits per heavy atom. The maximum Gasteiger partial charge on any atom is 0.279 e. The average molecular weight is 439 g/mol. The third-order valence-corrected chi connectivity index (χ3v) is 3.98. The van der Waals surface area contributed by atoms with Crippen LogP contribution in [-0.4, -0.2) is 24.5 Å². The molecule has 0 radical (unpaired) electrons. The van der Waals surface area contributed by atoms with Crippen LogP contribution in [0, 0.1) is 5.82 Å². The first-order chi connectivity index (χ1) is 12.9. The zero-order chi connectivity index (χ0) is 19.6. The molecule has 1 atom stereocenters. The first kappa shape index (κ1) is 20.7. The van der Waals surface area contributed by atoms with Crippen molar-refractivity contribution in [3.05, 3.63) is 58.8 Å². The van der Waals surface area contributed by atoms with Crippen molar-refractivity contribution in [2.24, 2.45) is 0 Å². The van der Waals surface area contributed by atoms with Crippen molar-refractivity contribution in [1.82, 2.24) is 10.9 Å².